The summed E-state index contributed by atoms with van der Waals surface area (Å²) >= 11 is 6.47. The molecule has 1 amide bonds. The van der Waals surface area contributed by atoms with Crippen LogP contribution in [0.5, 0.6) is 5.75 Å². The van der Waals surface area contributed by atoms with Crippen molar-refractivity contribution in [2.24, 2.45) is 17.8 Å². The van der Waals surface area contributed by atoms with Crippen LogP contribution in [0.4, 0.5) is 5.69 Å². The Labute approximate surface area is 287 Å². The lowest BCUT2D eigenvalue weighted by atomic mass is 9.65. The van der Waals surface area contributed by atoms with Crippen molar-refractivity contribution in [2.45, 2.75) is 113 Å². The fraction of sp³-hybridized carbons (Fsp3) is 0.649. The molecule has 5 aliphatic rings. The lowest BCUT2D eigenvalue weighted by Crippen LogP contribution is -2.55. The van der Waals surface area contributed by atoms with Gasteiger partial charge in [-0.1, -0.05) is 44.9 Å². The zero-order valence-electron chi connectivity index (χ0n) is 28.6. The van der Waals surface area contributed by atoms with E-state index in [1.54, 1.807) is 6.07 Å². The molecule has 1 spiro atoms. The fourth-order valence-corrected chi connectivity index (χ4v) is 12.0. The molecule has 2 fully saturated rings. The Hall–Kier alpha value is -2.07. The number of sulfonamides is 1. The van der Waals surface area contributed by atoms with Gasteiger partial charge in [0.05, 0.1) is 23.6 Å². The molecule has 4 bridgehead atoms. The minimum atomic E-state index is -3.87. The Morgan fingerprint density at radius 1 is 1.04 bits per heavy atom. The van der Waals surface area contributed by atoms with Crippen molar-refractivity contribution in [3.05, 3.63) is 58.1 Å². The van der Waals surface area contributed by atoms with Crippen molar-refractivity contribution in [3.63, 3.8) is 0 Å². The van der Waals surface area contributed by atoms with Crippen molar-refractivity contribution in [1.29, 1.82) is 0 Å². The SMILES string of the molecule is CC(C)(C)[Si](C)(C)O[C@@H]1[C@@H]2CCC[C@@H](C2)S(=O)(=O)NC(=O)c2ccc3c(c2)N(C[C@@H]2CC[C@H]21)C[C@@]1(CCCc2cc(Cl)ccc21)CO3. The number of carbonyl (C=O) groups excluding carboxylic acids is 1. The van der Waals surface area contributed by atoms with Gasteiger partial charge in [0.25, 0.3) is 5.91 Å². The van der Waals surface area contributed by atoms with E-state index in [-0.39, 0.29) is 22.5 Å². The molecule has 0 saturated heterocycles. The van der Waals surface area contributed by atoms with Crippen LogP contribution < -0.4 is 14.4 Å². The molecule has 6 atom stereocenters. The number of nitrogens with zero attached hydrogens (tertiary/aromatic N) is 1. The predicted octanol–water partition coefficient (Wildman–Crippen LogP) is 7.86. The van der Waals surface area contributed by atoms with E-state index >= 15 is 0 Å². The highest BCUT2D eigenvalue weighted by Gasteiger charge is 2.50. The first-order chi connectivity index (χ1) is 22.2. The molecule has 2 saturated carbocycles. The molecule has 2 aromatic carbocycles. The van der Waals surface area contributed by atoms with Crippen LogP contribution in [0.2, 0.25) is 23.2 Å². The minimum absolute atomic E-state index is 0.00632. The van der Waals surface area contributed by atoms with Gasteiger partial charge in [0.15, 0.2) is 8.32 Å². The van der Waals surface area contributed by atoms with Gasteiger partial charge in [0.1, 0.15) is 5.75 Å². The molecule has 2 aliphatic heterocycles. The Morgan fingerprint density at radius 2 is 1.85 bits per heavy atom. The molecule has 1 N–H and O–H groups in total. The second kappa shape index (κ2) is 12.1. The van der Waals surface area contributed by atoms with Crippen LogP contribution in [0, 0.1) is 17.8 Å². The van der Waals surface area contributed by atoms with Gasteiger partial charge in [-0.05, 0) is 129 Å². The van der Waals surface area contributed by atoms with E-state index in [1.165, 1.54) is 11.1 Å². The summed E-state index contributed by atoms with van der Waals surface area (Å²) < 4.78 is 44.1. The summed E-state index contributed by atoms with van der Waals surface area (Å²) in [5, 5.41) is 0.204. The number of hydrogen-bond acceptors (Lipinski definition) is 6. The summed E-state index contributed by atoms with van der Waals surface area (Å²) in [6.07, 6.45) is 8.18. The highest BCUT2D eigenvalue weighted by Crippen LogP contribution is 2.50. The summed E-state index contributed by atoms with van der Waals surface area (Å²) in [6, 6.07) is 11.7. The minimum Gasteiger partial charge on any atom is -0.490 e. The highest BCUT2D eigenvalue weighted by molar-refractivity contribution is 7.90. The lowest BCUT2D eigenvalue weighted by molar-refractivity contribution is -0.0227. The zero-order valence-corrected chi connectivity index (χ0v) is 31.2. The van der Waals surface area contributed by atoms with E-state index in [1.807, 2.05) is 18.2 Å². The fourth-order valence-electron chi connectivity index (χ4n) is 8.88. The number of hydrogen-bond donors (Lipinski definition) is 1. The molecule has 2 heterocycles. The average Bonchev–Trinajstić information content (AvgIpc) is 3.14. The number of aryl methyl sites for hydroxylation is 1. The van der Waals surface area contributed by atoms with Crippen molar-refractivity contribution in [3.8, 4) is 5.75 Å². The molecule has 0 radical (unpaired) electrons. The smallest absolute Gasteiger partial charge is 0.264 e. The molecule has 256 valence electrons. The first kappa shape index (κ1) is 33.4. The normalized spacial score (nSPS) is 32.1. The Morgan fingerprint density at radius 3 is 2.60 bits per heavy atom. The van der Waals surface area contributed by atoms with Crippen LogP contribution >= 0.6 is 11.6 Å². The van der Waals surface area contributed by atoms with E-state index in [0.717, 1.165) is 74.5 Å². The van der Waals surface area contributed by atoms with Crippen molar-refractivity contribution < 1.29 is 22.4 Å². The van der Waals surface area contributed by atoms with Crippen LogP contribution in [0.1, 0.15) is 93.6 Å². The summed E-state index contributed by atoms with van der Waals surface area (Å²) in [7, 11) is -6.04. The highest BCUT2D eigenvalue weighted by atomic mass is 35.5. The van der Waals surface area contributed by atoms with E-state index in [4.69, 9.17) is 20.8 Å². The number of halogens is 1. The van der Waals surface area contributed by atoms with Crippen molar-refractivity contribution in [1.82, 2.24) is 4.72 Å². The third-order valence-corrected chi connectivity index (χ3v) is 19.2. The maximum atomic E-state index is 13.8. The van der Waals surface area contributed by atoms with Crippen LogP contribution in [0.15, 0.2) is 36.4 Å². The summed E-state index contributed by atoms with van der Waals surface area (Å²) in [5.74, 6) is 1.08. The molecule has 0 unspecified atom stereocenters. The van der Waals surface area contributed by atoms with E-state index in [9.17, 15) is 13.2 Å². The van der Waals surface area contributed by atoms with Gasteiger partial charge in [0, 0.05) is 29.1 Å². The monoisotopic (exact) mass is 698 g/mol. The molecule has 7 rings (SSSR count). The number of benzene rings is 2. The van der Waals surface area contributed by atoms with E-state index in [0.29, 0.717) is 36.8 Å². The maximum Gasteiger partial charge on any atom is 0.264 e. The molecule has 10 heteroatoms. The molecule has 0 aromatic heterocycles. The van der Waals surface area contributed by atoms with E-state index < -0.39 is 29.5 Å². The van der Waals surface area contributed by atoms with Gasteiger partial charge in [-0.3, -0.25) is 4.79 Å². The number of amides is 1. The summed E-state index contributed by atoms with van der Waals surface area (Å²) in [5.41, 5.74) is 3.60. The van der Waals surface area contributed by atoms with Gasteiger partial charge >= 0.3 is 0 Å². The van der Waals surface area contributed by atoms with Gasteiger partial charge in [-0.2, -0.15) is 0 Å². The Balaban J connectivity index is 1.32. The molecular weight excluding hydrogens is 648 g/mol. The molecule has 47 heavy (non-hydrogen) atoms. The van der Waals surface area contributed by atoms with Crippen molar-refractivity contribution in [2.75, 3.05) is 24.6 Å². The molecule has 3 aliphatic carbocycles. The molecule has 7 nitrogen and oxygen atoms in total. The van der Waals surface area contributed by atoms with Gasteiger partial charge in [-0.25, -0.2) is 13.1 Å². The Kier molecular flexibility index (Phi) is 8.58. The molecular formula is C37H51ClN2O5SSi. The van der Waals surface area contributed by atoms with Crippen molar-refractivity contribution >= 4 is 41.5 Å². The second-order valence-corrected chi connectivity index (χ2v) is 23.8. The number of fused-ring (bicyclic) bond motifs is 6. The zero-order chi connectivity index (χ0) is 33.4. The summed E-state index contributed by atoms with van der Waals surface area (Å²) in [6.45, 7) is 13.6. The standard InChI is InChI=1S/C37H51ClN2O5SSi/c1-36(2,3)47(4,5)45-34-25-8-6-10-29(19-25)46(42,43)39-35(41)26-12-16-33-32(20-26)40(21-27-11-14-30(27)34)22-37(23-44-33)17-7-9-24-18-28(38)13-15-31(24)37/h12-13,15-16,18,20,25,27,29-30,34H,6-11,14,17,19,21-23H2,1-5H3,(H,39,41)/t25-,27+,29+,30-,34-,37+/m1/s1. The topological polar surface area (TPSA) is 84.9 Å². The third kappa shape index (κ3) is 6.16. The van der Waals surface area contributed by atoms with E-state index in [2.05, 4.69) is 55.6 Å². The van der Waals surface area contributed by atoms with Crippen LogP contribution in [0.3, 0.4) is 0 Å². The quantitative estimate of drug-likeness (QED) is 0.322. The predicted molar refractivity (Wildman–Crippen MR) is 191 cm³/mol. The number of rotatable bonds is 2. The van der Waals surface area contributed by atoms with Crippen LogP contribution in [0.25, 0.3) is 0 Å². The first-order valence-corrected chi connectivity index (χ1v) is 22.5. The largest absolute Gasteiger partial charge is 0.490 e. The molecule has 2 aromatic rings. The van der Waals surface area contributed by atoms with Crippen LogP contribution in [-0.4, -0.2) is 53.7 Å². The van der Waals surface area contributed by atoms with Gasteiger partial charge in [0.2, 0.25) is 10.0 Å². The summed E-state index contributed by atoms with van der Waals surface area (Å²) in [4.78, 5) is 16.1. The van der Waals surface area contributed by atoms with Gasteiger partial charge < -0.3 is 14.1 Å². The van der Waals surface area contributed by atoms with Crippen LogP contribution in [-0.2, 0) is 26.3 Å². The Bertz CT molecular complexity index is 1660. The van der Waals surface area contributed by atoms with Gasteiger partial charge in [-0.15, -0.1) is 0 Å². The number of ether oxygens (including phenoxy) is 1. The average molecular weight is 699 g/mol. The maximum absolute atomic E-state index is 13.8. The number of carbonyl (C=O) groups is 1. The second-order valence-electron chi connectivity index (χ2n) is 16.7. The number of nitrogens with one attached hydrogen (secondary N) is 1. The first-order valence-electron chi connectivity index (χ1n) is 17.7. The third-order valence-electron chi connectivity index (χ3n) is 12.7. The number of anilines is 1. The lowest BCUT2D eigenvalue weighted by Gasteiger charge is -2.52.